The molecule has 0 bridgehead atoms. The summed E-state index contributed by atoms with van der Waals surface area (Å²) in [5.41, 5.74) is 1.59. The smallest absolute Gasteiger partial charge is 0.319 e. The van der Waals surface area contributed by atoms with E-state index < -0.39 is 5.79 Å². The summed E-state index contributed by atoms with van der Waals surface area (Å²) in [6, 6.07) is 16.4. The topological polar surface area (TPSA) is 68.8 Å². The van der Waals surface area contributed by atoms with Gasteiger partial charge in [0, 0.05) is 0 Å². The van der Waals surface area contributed by atoms with Crippen LogP contribution >= 0.6 is 0 Å². The predicted molar refractivity (Wildman–Crippen MR) is 99.2 cm³/mol. The lowest BCUT2D eigenvalue weighted by atomic mass is 10.0. The van der Waals surface area contributed by atoms with Crippen molar-refractivity contribution in [3.8, 4) is 5.75 Å². The first-order valence-corrected chi connectivity index (χ1v) is 8.56. The highest BCUT2D eigenvalue weighted by atomic mass is 16.7. The van der Waals surface area contributed by atoms with Crippen molar-refractivity contribution < 1.29 is 19.0 Å². The predicted octanol–water partition coefficient (Wildman–Crippen LogP) is 3.71. The van der Waals surface area contributed by atoms with Crippen molar-refractivity contribution in [2.75, 3.05) is 19.0 Å². The molecule has 26 heavy (non-hydrogen) atoms. The number of carbonyl (C=O) groups excluding carboxylic acids is 1. The van der Waals surface area contributed by atoms with Crippen molar-refractivity contribution in [2.45, 2.75) is 31.8 Å². The maximum Gasteiger partial charge on any atom is 0.319 e. The number of anilines is 1. The van der Waals surface area contributed by atoms with Gasteiger partial charge < -0.3 is 24.8 Å². The van der Waals surface area contributed by atoms with E-state index in [-0.39, 0.29) is 18.2 Å². The molecule has 2 atom stereocenters. The van der Waals surface area contributed by atoms with Crippen LogP contribution in [0.15, 0.2) is 54.6 Å². The maximum absolute atomic E-state index is 12.5. The van der Waals surface area contributed by atoms with Gasteiger partial charge in [0.25, 0.3) is 0 Å². The Morgan fingerprint density at radius 3 is 2.54 bits per heavy atom. The quantitative estimate of drug-likeness (QED) is 0.876. The van der Waals surface area contributed by atoms with Crippen molar-refractivity contribution >= 4 is 11.7 Å². The fraction of sp³-hybridized carbons (Fsp3) is 0.350. The van der Waals surface area contributed by atoms with Gasteiger partial charge in [0.1, 0.15) is 11.9 Å². The lowest BCUT2D eigenvalue weighted by molar-refractivity contribution is -0.284. The van der Waals surface area contributed by atoms with Gasteiger partial charge in [-0.2, -0.15) is 0 Å². The third-order valence-electron chi connectivity index (χ3n) is 4.19. The van der Waals surface area contributed by atoms with Crippen LogP contribution in [0.25, 0.3) is 0 Å². The van der Waals surface area contributed by atoms with Gasteiger partial charge in [-0.1, -0.05) is 42.5 Å². The standard InChI is InChI=1S/C20H24N2O4/c1-20(2)25-13-16(18(26-20)14-9-5-4-6-10-14)22-19(23)21-15-11-7-8-12-17(15)24-3/h4-12,16,18H,13H2,1-3H3,(H2,21,22,23)/t16-,18+/m0/s1. The number of amides is 2. The van der Waals surface area contributed by atoms with Crippen LogP contribution in [0, 0.1) is 0 Å². The Kier molecular flexibility index (Phi) is 5.44. The number of hydrogen-bond acceptors (Lipinski definition) is 4. The molecule has 0 radical (unpaired) electrons. The molecule has 1 heterocycles. The molecule has 0 unspecified atom stereocenters. The number of hydrogen-bond donors (Lipinski definition) is 2. The highest BCUT2D eigenvalue weighted by Gasteiger charge is 2.38. The van der Waals surface area contributed by atoms with Crippen molar-refractivity contribution in [2.24, 2.45) is 0 Å². The van der Waals surface area contributed by atoms with Gasteiger partial charge in [-0.15, -0.1) is 0 Å². The van der Waals surface area contributed by atoms with E-state index in [1.165, 1.54) is 0 Å². The zero-order chi connectivity index (χ0) is 18.6. The van der Waals surface area contributed by atoms with Gasteiger partial charge in [0.05, 0.1) is 25.4 Å². The molecule has 3 rings (SSSR count). The normalized spacial score (nSPS) is 21.7. The first-order valence-electron chi connectivity index (χ1n) is 8.56. The van der Waals surface area contributed by atoms with Crippen molar-refractivity contribution in [1.29, 1.82) is 0 Å². The molecule has 2 N–H and O–H groups in total. The number of rotatable bonds is 4. The lowest BCUT2D eigenvalue weighted by Gasteiger charge is -2.41. The molecule has 1 aliphatic heterocycles. The fourth-order valence-corrected chi connectivity index (χ4v) is 2.93. The van der Waals surface area contributed by atoms with E-state index in [0.717, 1.165) is 5.56 Å². The summed E-state index contributed by atoms with van der Waals surface area (Å²) in [6.07, 6.45) is -0.302. The third-order valence-corrected chi connectivity index (χ3v) is 4.19. The zero-order valence-corrected chi connectivity index (χ0v) is 15.2. The van der Waals surface area contributed by atoms with E-state index in [9.17, 15) is 4.79 Å². The molecular weight excluding hydrogens is 332 g/mol. The highest BCUT2D eigenvalue weighted by molar-refractivity contribution is 5.91. The van der Waals surface area contributed by atoms with Crippen LogP contribution in [0.3, 0.4) is 0 Å². The summed E-state index contributed by atoms with van der Waals surface area (Å²) in [5.74, 6) is -0.114. The average Bonchev–Trinajstić information content (AvgIpc) is 2.64. The molecule has 6 nitrogen and oxygen atoms in total. The second-order valence-corrected chi connectivity index (χ2v) is 6.57. The molecule has 1 fully saturated rings. The van der Waals surface area contributed by atoms with Gasteiger partial charge in [-0.05, 0) is 31.5 Å². The number of benzene rings is 2. The summed E-state index contributed by atoms with van der Waals surface area (Å²) < 4.78 is 17.1. The number of methoxy groups -OCH3 is 1. The van der Waals surface area contributed by atoms with Crippen LogP contribution in [-0.2, 0) is 9.47 Å². The monoisotopic (exact) mass is 356 g/mol. The van der Waals surface area contributed by atoms with Crippen molar-refractivity contribution in [3.05, 3.63) is 60.2 Å². The first kappa shape index (κ1) is 18.2. The Morgan fingerprint density at radius 1 is 1.12 bits per heavy atom. The Labute approximate surface area is 153 Å². The summed E-state index contributed by atoms with van der Waals surface area (Å²) in [5, 5.41) is 5.76. The summed E-state index contributed by atoms with van der Waals surface area (Å²) in [7, 11) is 1.56. The molecule has 1 saturated heterocycles. The van der Waals surface area contributed by atoms with Gasteiger partial charge in [-0.3, -0.25) is 0 Å². The number of ether oxygens (including phenoxy) is 3. The maximum atomic E-state index is 12.5. The molecule has 0 spiro atoms. The van der Waals surface area contributed by atoms with Gasteiger partial charge in [0.2, 0.25) is 0 Å². The molecule has 2 amide bonds. The van der Waals surface area contributed by atoms with Crippen molar-refractivity contribution in [1.82, 2.24) is 5.32 Å². The molecule has 1 aliphatic rings. The van der Waals surface area contributed by atoms with E-state index in [0.29, 0.717) is 18.0 Å². The fourth-order valence-electron chi connectivity index (χ4n) is 2.93. The Bertz CT molecular complexity index is 748. The zero-order valence-electron chi connectivity index (χ0n) is 15.2. The summed E-state index contributed by atoms with van der Waals surface area (Å²) >= 11 is 0. The van der Waals surface area contributed by atoms with E-state index >= 15 is 0 Å². The minimum atomic E-state index is -0.711. The van der Waals surface area contributed by atoms with E-state index in [1.807, 2.05) is 56.3 Å². The third kappa shape index (κ3) is 4.33. The molecule has 138 valence electrons. The van der Waals surface area contributed by atoms with Crippen LogP contribution < -0.4 is 15.4 Å². The van der Waals surface area contributed by atoms with E-state index in [2.05, 4.69) is 10.6 Å². The van der Waals surface area contributed by atoms with Crippen molar-refractivity contribution in [3.63, 3.8) is 0 Å². The number of para-hydroxylation sites is 2. The second-order valence-electron chi connectivity index (χ2n) is 6.57. The highest BCUT2D eigenvalue weighted by Crippen LogP contribution is 2.33. The van der Waals surface area contributed by atoms with Crippen LogP contribution in [0.2, 0.25) is 0 Å². The Morgan fingerprint density at radius 2 is 1.81 bits per heavy atom. The second kappa shape index (κ2) is 7.76. The minimum absolute atomic E-state index is 0.302. The van der Waals surface area contributed by atoms with Crippen LogP contribution in [0.4, 0.5) is 10.5 Å². The number of nitrogens with one attached hydrogen (secondary N) is 2. The molecular formula is C20H24N2O4. The number of urea groups is 1. The average molecular weight is 356 g/mol. The SMILES string of the molecule is COc1ccccc1NC(=O)N[C@H]1COC(C)(C)O[C@@H]1c1ccccc1. The Hall–Kier alpha value is -2.57. The molecule has 0 saturated carbocycles. The lowest BCUT2D eigenvalue weighted by Crippen LogP contribution is -2.52. The molecule has 0 aliphatic carbocycles. The van der Waals surface area contributed by atoms with Crippen LogP contribution in [0.1, 0.15) is 25.5 Å². The molecule has 2 aromatic carbocycles. The largest absolute Gasteiger partial charge is 0.495 e. The first-order chi connectivity index (χ1) is 12.5. The Balaban J connectivity index is 1.73. The molecule has 6 heteroatoms. The summed E-state index contributed by atoms with van der Waals surface area (Å²) in [4.78, 5) is 12.5. The van der Waals surface area contributed by atoms with Gasteiger partial charge in [0.15, 0.2) is 5.79 Å². The van der Waals surface area contributed by atoms with E-state index in [4.69, 9.17) is 14.2 Å². The van der Waals surface area contributed by atoms with Crippen LogP contribution in [0.5, 0.6) is 5.75 Å². The van der Waals surface area contributed by atoms with Gasteiger partial charge in [-0.25, -0.2) is 4.79 Å². The molecule has 2 aromatic rings. The minimum Gasteiger partial charge on any atom is -0.495 e. The van der Waals surface area contributed by atoms with Gasteiger partial charge >= 0.3 is 6.03 Å². The number of carbonyl (C=O) groups is 1. The van der Waals surface area contributed by atoms with Crippen LogP contribution in [-0.4, -0.2) is 31.6 Å². The summed E-state index contributed by atoms with van der Waals surface area (Å²) in [6.45, 7) is 4.09. The molecule has 0 aromatic heterocycles. The van der Waals surface area contributed by atoms with E-state index in [1.54, 1.807) is 19.2 Å².